The fourth-order valence-corrected chi connectivity index (χ4v) is 6.22. The molecular weight excluding hydrogens is 571 g/mol. The maximum atomic E-state index is 14.0. The Morgan fingerprint density at radius 1 is 1.14 bits per heavy atom. The van der Waals surface area contributed by atoms with Gasteiger partial charge in [-0.15, -0.1) is 0 Å². The molecule has 43 heavy (non-hydrogen) atoms. The van der Waals surface area contributed by atoms with Gasteiger partial charge in [-0.2, -0.15) is 5.26 Å². The van der Waals surface area contributed by atoms with Crippen LogP contribution in [0.15, 0.2) is 77.3 Å². The Morgan fingerprint density at radius 3 is 2.47 bits per heavy atom. The average molecular weight is 601 g/mol. The van der Waals surface area contributed by atoms with Crippen LogP contribution in [0.1, 0.15) is 54.9 Å². The zero-order chi connectivity index (χ0) is 31.2. The van der Waals surface area contributed by atoms with E-state index in [-0.39, 0.29) is 46.7 Å². The van der Waals surface area contributed by atoms with Gasteiger partial charge in [0, 0.05) is 29.8 Å². The molecule has 2 N–H and O–H groups in total. The van der Waals surface area contributed by atoms with E-state index in [0.717, 1.165) is 22.3 Å². The number of hydrogen-bond donors (Lipinski definition) is 1. The van der Waals surface area contributed by atoms with Crippen LogP contribution in [0, 0.1) is 46.5 Å². The summed E-state index contributed by atoms with van der Waals surface area (Å²) in [6.45, 7) is 8.04. The number of non-ortho nitro benzene ring substituents is 1. The summed E-state index contributed by atoms with van der Waals surface area (Å²) >= 11 is 6.56. The number of nitro groups is 1. The van der Waals surface area contributed by atoms with Crippen LogP contribution in [-0.2, 0) is 11.4 Å². The highest BCUT2D eigenvalue weighted by molar-refractivity contribution is 6.33. The molecule has 3 aromatic rings. The third-order valence-corrected chi connectivity index (χ3v) is 8.31. The van der Waals surface area contributed by atoms with Crippen molar-refractivity contribution in [3.05, 3.63) is 120 Å². The lowest BCUT2D eigenvalue weighted by Crippen LogP contribution is -2.42. The van der Waals surface area contributed by atoms with Gasteiger partial charge in [0.25, 0.3) is 5.69 Å². The smallest absolute Gasteiger partial charge is 0.271 e. The van der Waals surface area contributed by atoms with E-state index in [9.17, 15) is 24.6 Å². The molecule has 1 atom stereocenters. The number of aryl methyl sites for hydroxylation is 2. The van der Waals surface area contributed by atoms with Crippen molar-refractivity contribution in [2.24, 2.45) is 11.1 Å². The van der Waals surface area contributed by atoms with Crippen LogP contribution >= 0.6 is 11.6 Å². The van der Waals surface area contributed by atoms with Gasteiger partial charge in [0.1, 0.15) is 24.0 Å². The number of nitriles is 1. The predicted octanol–water partition coefficient (Wildman–Crippen LogP) is 7.52. The summed E-state index contributed by atoms with van der Waals surface area (Å²) in [5.41, 5.74) is 11.2. The molecule has 1 aliphatic heterocycles. The van der Waals surface area contributed by atoms with Gasteiger partial charge in [-0.05, 0) is 78.3 Å². The summed E-state index contributed by atoms with van der Waals surface area (Å²) in [6, 6.07) is 16.0. The first-order chi connectivity index (χ1) is 20.3. The first-order valence-electron chi connectivity index (χ1n) is 13.7. The Morgan fingerprint density at radius 2 is 1.84 bits per heavy atom. The minimum atomic E-state index is -0.734. The molecular formula is C33H30ClFN4O4. The van der Waals surface area contributed by atoms with Crippen molar-refractivity contribution in [1.82, 2.24) is 0 Å². The molecule has 10 heteroatoms. The van der Waals surface area contributed by atoms with Crippen LogP contribution < -0.4 is 15.4 Å². The van der Waals surface area contributed by atoms with Gasteiger partial charge in [0.15, 0.2) is 5.78 Å². The lowest BCUT2D eigenvalue weighted by molar-refractivity contribution is -0.384. The van der Waals surface area contributed by atoms with Crippen molar-refractivity contribution in [2.45, 2.75) is 53.1 Å². The van der Waals surface area contributed by atoms with Crippen molar-refractivity contribution in [2.75, 3.05) is 4.90 Å². The second-order valence-electron chi connectivity index (χ2n) is 11.8. The Hall–Kier alpha value is -4.68. The molecule has 1 aliphatic carbocycles. The van der Waals surface area contributed by atoms with Crippen LogP contribution in [0.25, 0.3) is 0 Å². The SMILES string of the molecule is Cc1cc(C)c(C2C(C#N)=C(N)N(c3ccc([N+](=O)[O-])cc3Cl)C3=C2C(=O)CC(C)(C)C3)cc1COc1ccc(F)cc1. The minimum absolute atomic E-state index is 0.0716. The van der Waals surface area contributed by atoms with E-state index in [0.29, 0.717) is 29.1 Å². The number of carbonyl (C=O) groups excluding carboxylic acids is 1. The van der Waals surface area contributed by atoms with Gasteiger partial charge < -0.3 is 10.5 Å². The number of anilines is 1. The fourth-order valence-electron chi connectivity index (χ4n) is 5.96. The molecule has 2 aliphatic rings. The van der Waals surface area contributed by atoms with Crippen molar-refractivity contribution in [3.8, 4) is 11.8 Å². The zero-order valence-electron chi connectivity index (χ0n) is 24.2. The first-order valence-corrected chi connectivity index (χ1v) is 14.1. The molecule has 0 spiro atoms. The van der Waals surface area contributed by atoms with Gasteiger partial charge in [0.05, 0.1) is 33.2 Å². The lowest BCUT2D eigenvalue weighted by atomic mass is 9.68. The molecule has 220 valence electrons. The Balaban J connectivity index is 1.67. The maximum Gasteiger partial charge on any atom is 0.271 e. The first kappa shape index (κ1) is 29.8. The van der Waals surface area contributed by atoms with Gasteiger partial charge in [-0.3, -0.25) is 19.8 Å². The maximum absolute atomic E-state index is 14.0. The van der Waals surface area contributed by atoms with Crippen molar-refractivity contribution < 1.29 is 18.8 Å². The van der Waals surface area contributed by atoms with E-state index in [4.69, 9.17) is 22.1 Å². The van der Waals surface area contributed by atoms with Crippen LogP contribution in [0.5, 0.6) is 5.75 Å². The minimum Gasteiger partial charge on any atom is -0.489 e. The van der Waals surface area contributed by atoms with Crippen molar-refractivity contribution in [3.63, 3.8) is 0 Å². The molecule has 0 saturated heterocycles. The lowest BCUT2D eigenvalue weighted by Gasteiger charge is -2.44. The number of halogens is 2. The predicted molar refractivity (Wildman–Crippen MR) is 162 cm³/mol. The number of carbonyl (C=O) groups is 1. The van der Waals surface area contributed by atoms with Gasteiger partial charge in [-0.25, -0.2) is 4.39 Å². The van der Waals surface area contributed by atoms with E-state index < -0.39 is 16.3 Å². The molecule has 0 aromatic heterocycles. The fraction of sp³-hybridized carbons (Fsp3) is 0.273. The molecule has 5 rings (SSSR count). The molecule has 1 unspecified atom stereocenters. The van der Waals surface area contributed by atoms with E-state index in [2.05, 4.69) is 6.07 Å². The normalized spacial score (nSPS) is 17.9. The number of ether oxygens (including phenoxy) is 1. The van der Waals surface area contributed by atoms with Gasteiger partial charge >= 0.3 is 0 Å². The summed E-state index contributed by atoms with van der Waals surface area (Å²) in [4.78, 5) is 26.4. The number of allylic oxidation sites excluding steroid dienone is 3. The average Bonchev–Trinajstić information content (AvgIpc) is 2.93. The molecule has 0 fully saturated rings. The summed E-state index contributed by atoms with van der Waals surface area (Å²) in [7, 11) is 0. The summed E-state index contributed by atoms with van der Waals surface area (Å²) < 4.78 is 19.3. The van der Waals surface area contributed by atoms with Gasteiger partial charge in [-0.1, -0.05) is 37.6 Å². The Kier molecular flexibility index (Phi) is 7.76. The Labute approximate surface area is 254 Å². The third-order valence-electron chi connectivity index (χ3n) is 8.01. The number of rotatable bonds is 6. The van der Waals surface area contributed by atoms with Crippen molar-refractivity contribution >= 4 is 28.8 Å². The highest BCUT2D eigenvalue weighted by Crippen LogP contribution is 2.51. The van der Waals surface area contributed by atoms with Crippen LogP contribution in [0.2, 0.25) is 5.02 Å². The molecule has 0 amide bonds. The number of nitrogens with two attached hydrogens (primary N) is 1. The van der Waals surface area contributed by atoms with E-state index >= 15 is 0 Å². The molecule has 3 aromatic carbocycles. The molecule has 0 bridgehead atoms. The summed E-state index contributed by atoms with van der Waals surface area (Å²) in [5.74, 6) is -0.588. The Bertz CT molecular complexity index is 1770. The van der Waals surface area contributed by atoms with Gasteiger partial charge in [0.2, 0.25) is 0 Å². The number of ketones is 1. The zero-order valence-corrected chi connectivity index (χ0v) is 25.0. The van der Waals surface area contributed by atoms with E-state index in [1.165, 1.54) is 30.3 Å². The molecule has 1 heterocycles. The van der Waals surface area contributed by atoms with Crippen LogP contribution in [-0.4, -0.2) is 10.7 Å². The highest BCUT2D eigenvalue weighted by Gasteiger charge is 2.45. The van der Waals surface area contributed by atoms with Crippen LogP contribution in [0.3, 0.4) is 0 Å². The largest absolute Gasteiger partial charge is 0.489 e. The topological polar surface area (TPSA) is 122 Å². The number of nitrogens with zero attached hydrogens (tertiary/aromatic N) is 3. The number of Topliss-reactive ketones (excluding diaryl/α,β-unsaturated/α-hetero) is 1. The summed E-state index contributed by atoms with van der Waals surface area (Å²) in [6.07, 6.45) is 0.733. The number of hydrogen-bond acceptors (Lipinski definition) is 7. The second-order valence-corrected chi connectivity index (χ2v) is 12.2. The standard InChI is InChI=1S/C33H30ClFN4O4/c1-18-11-19(2)24(12-20(18)17-43-23-8-5-21(35)6-9-23)30-25(16-36)32(37)38(27-10-7-22(39(41)42)13-26(27)34)28-14-33(3,4)15-29(40)31(28)30/h5-13,30H,14-15,17,37H2,1-4H3. The quantitative estimate of drug-likeness (QED) is 0.229. The molecule has 0 radical (unpaired) electrons. The van der Waals surface area contributed by atoms with E-state index in [1.807, 2.05) is 39.8 Å². The summed E-state index contributed by atoms with van der Waals surface area (Å²) in [5, 5.41) is 21.9. The van der Waals surface area contributed by atoms with Crippen molar-refractivity contribution in [1.29, 1.82) is 5.26 Å². The number of benzene rings is 3. The third kappa shape index (κ3) is 5.58. The monoisotopic (exact) mass is 600 g/mol. The highest BCUT2D eigenvalue weighted by atomic mass is 35.5. The van der Waals surface area contributed by atoms with Crippen LogP contribution in [0.4, 0.5) is 15.8 Å². The van der Waals surface area contributed by atoms with E-state index in [1.54, 1.807) is 17.0 Å². The second kappa shape index (κ2) is 11.2. The molecule has 8 nitrogen and oxygen atoms in total. The number of nitro benzene ring substituents is 1. The molecule has 0 saturated carbocycles.